The third-order valence-electron chi connectivity index (χ3n) is 2.15. The van der Waals surface area contributed by atoms with E-state index in [0.717, 1.165) is 0 Å². The van der Waals surface area contributed by atoms with Gasteiger partial charge in [0.05, 0.1) is 0 Å². The predicted octanol–water partition coefficient (Wildman–Crippen LogP) is 1.55. The van der Waals surface area contributed by atoms with Crippen LogP contribution in [0, 0.1) is 5.92 Å². The van der Waals surface area contributed by atoms with Gasteiger partial charge in [0.1, 0.15) is 18.8 Å². The zero-order valence-corrected chi connectivity index (χ0v) is 14.4. The van der Waals surface area contributed by atoms with E-state index >= 15 is 0 Å². The maximum absolute atomic E-state index is 11.8. The molecule has 0 bridgehead atoms. The van der Waals surface area contributed by atoms with E-state index in [2.05, 4.69) is 26.3 Å². The molecular formula is C10H15Cl3N6OS. The summed E-state index contributed by atoms with van der Waals surface area (Å²) in [6.07, 6.45) is 2.13. The highest BCUT2D eigenvalue weighted by molar-refractivity contribution is 7.80. The first-order valence-electron chi connectivity index (χ1n) is 5.96. The van der Waals surface area contributed by atoms with Crippen molar-refractivity contribution in [2.45, 2.75) is 30.2 Å². The lowest BCUT2D eigenvalue weighted by Crippen LogP contribution is -2.56. The van der Waals surface area contributed by atoms with Gasteiger partial charge in [-0.3, -0.25) is 10.2 Å². The number of hydrogen-bond acceptors (Lipinski definition) is 4. The number of carbonyl (C=O) groups is 1. The molecule has 11 heteroatoms. The van der Waals surface area contributed by atoms with E-state index in [-0.39, 0.29) is 16.9 Å². The zero-order valence-electron chi connectivity index (χ0n) is 11.3. The van der Waals surface area contributed by atoms with Gasteiger partial charge in [0.15, 0.2) is 5.11 Å². The zero-order chi connectivity index (χ0) is 16.0. The van der Waals surface area contributed by atoms with Gasteiger partial charge in [-0.05, 0) is 18.1 Å². The average molecular weight is 374 g/mol. The molecular weight excluding hydrogens is 359 g/mol. The van der Waals surface area contributed by atoms with E-state index in [9.17, 15) is 4.79 Å². The van der Waals surface area contributed by atoms with Gasteiger partial charge in [-0.1, -0.05) is 48.7 Å². The first-order chi connectivity index (χ1) is 9.68. The van der Waals surface area contributed by atoms with Gasteiger partial charge in [-0.25, -0.2) is 4.68 Å². The number of alkyl halides is 3. The Balaban J connectivity index is 2.61. The number of hydrogen-bond donors (Lipinski definition) is 3. The second-order valence-electron chi connectivity index (χ2n) is 4.59. The van der Waals surface area contributed by atoms with E-state index in [4.69, 9.17) is 47.0 Å². The van der Waals surface area contributed by atoms with Crippen molar-refractivity contribution < 1.29 is 4.79 Å². The molecule has 0 aliphatic carbocycles. The molecule has 118 valence electrons. The Bertz CT molecular complexity index is 476. The Morgan fingerprint density at radius 2 is 1.86 bits per heavy atom. The van der Waals surface area contributed by atoms with Crippen LogP contribution < -0.4 is 16.1 Å². The highest BCUT2D eigenvalue weighted by Gasteiger charge is 2.34. The Labute approximate surface area is 142 Å². The first-order valence-corrected chi connectivity index (χ1v) is 7.51. The van der Waals surface area contributed by atoms with Crippen LogP contribution in [-0.2, 0) is 4.79 Å². The number of amides is 1. The van der Waals surface area contributed by atoms with Crippen molar-refractivity contribution in [2.75, 3.05) is 5.43 Å². The Hall–Kier alpha value is -0.830. The summed E-state index contributed by atoms with van der Waals surface area (Å²) in [6, 6.07) is 0. The van der Waals surface area contributed by atoms with Crippen molar-refractivity contribution >= 4 is 58.0 Å². The quantitative estimate of drug-likeness (QED) is 0.413. The number of halogens is 3. The monoisotopic (exact) mass is 372 g/mol. The maximum Gasteiger partial charge on any atom is 0.228 e. The van der Waals surface area contributed by atoms with Crippen molar-refractivity contribution in [2.24, 2.45) is 5.92 Å². The highest BCUT2D eigenvalue weighted by atomic mass is 35.6. The van der Waals surface area contributed by atoms with Crippen LogP contribution in [0.15, 0.2) is 12.7 Å². The van der Waals surface area contributed by atoms with E-state index in [1.807, 2.05) is 13.8 Å². The molecule has 3 N–H and O–H groups in total. The fraction of sp³-hybridized carbons (Fsp3) is 0.600. The molecule has 0 saturated carbocycles. The number of nitrogens with zero attached hydrogens (tertiary/aromatic N) is 3. The summed E-state index contributed by atoms with van der Waals surface area (Å²) < 4.78 is -0.369. The van der Waals surface area contributed by atoms with Gasteiger partial charge in [-0.2, -0.15) is 0 Å². The molecule has 7 nitrogen and oxygen atoms in total. The second-order valence-corrected chi connectivity index (χ2v) is 7.37. The third kappa shape index (κ3) is 7.12. The molecule has 1 rings (SSSR count). The number of nitrogens with one attached hydrogen (secondary N) is 3. The van der Waals surface area contributed by atoms with Crippen molar-refractivity contribution in [3.8, 4) is 0 Å². The summed E-state index contributed by atoms with van der Waals surface area (Å²) >= 11 is 22.6. The van der Waals surface area contributed by atoms with Crippen molar-refractivity contribution in [1.29, 1.82) is 0 Å². The highest BCUT2D eigenvalue weighted by Crippen LogP contribution is 2.29. The molecule has 0 radical (unpaired) electrons. The lowest BCUT2D eigenvalue weighted by molar-refractivity contribution is -0.122. The Morgan fingerprint density at radius 1 is 1.29 bits per heavy atom. The number of aromatic nitrogens is 3. The molecule has 1 unspecified atom stereocenters. The van der Waals surface area contributed by atoms with Crippen LogP contribution in [0.2, 0.25) is 0 Å². The average Bonchev–Trinajstić information content (AvgIpc) is 2.78. The van der Waals surface area contributed by atoms with Gasteiger partial charge in [0.25, 0.3) is 0 Å². The molecule has 0 aromatic carbocycles. The SMILES string of the molecule is CC(C)CC(=O)NC(NC(=S)Nn1cnnc1)C(Cl)(Cl)Cl. The largest absolute Gasteiger partial charge is 0.338 e. The minimum absolute atomic E-state index is 0.135. The van der Waals surface area contributed by atoms with Gasteiger partial charge in [-0.15, -0.1) is 10.2 Å². The molecule has 0 aliphatic rings. The topological polar surface area (TPSA) is 83.9 Å². The van der Waals surface area contributed by atoms with E-state index in [0.29, 0.717) is 6.42 Å². The van der Waals surface area contributed by atoms with Crippen molar-refractivity contribution in [1.82, 2.24) is 25.5 Å². The van der Waals surface area contributed by atoms with Crippen LogP contribution in [0.25, 0.3) is 0 Å². The molecule has 1 aromatic rings. The fourth-order valence-corrected chi connectivity index (χ4v) is 1.88. The van der Waals surface area contributed by atoms with Gasteiger partial charge >= 0.3 is 0 Å². The van der Waals surface area contributed by atoms with Gasteiger partial charge in [0.2, 0.25) is 9.70 Å². The normalized spacial score (nSPS) is 12.9. The van der Waals surface area contributed by atoms with Crippen molar-refractivity contribution in [3.63, 3.8) is 0 Å². The lowest BCUT2D eigenvalue weighted by Gasteiger charge is -2.28. The molecule has 0 spiro atoms. The lowest BCUT2D eigenvalue weighted by atomic mass is 10.1. The van der Waals surface area contributed by atoms with E-state index < -0.39 is 9.96 Å². The molecule has 1 aromatic heterocycles. The summed E-state index contributed by atoms with van der Waals surface area (Å²) in [5.74, 6) is -0.0657. The second kappa shape index (κ2) is 7.98. The standard InChI is InChI=1S/C10H15Cl3N6OS/c1-6(2)3-7(20)16-8(10(11,12)13)17-9(21)18-19-4-14-15-5-19/h4-6,8H,3H2,1-2H3,(H,16,20)(H2,17,18,21). The minimum atomic E-state index is -1.77. The van der Waals surface area contributed by atoms with Crippen LogP contribution in [0.5, 0.6) is 0 Å². The van der Waals surface area contributed by atoms with Crippen LogP contribution in [-0.4, -0.2) is 35.9 Å². The van der Waals surface area contributed by atoms with Crippen molar-refractivity contribution in [3.05, 3.63) is 12.7 Å². The Kier molecular flexibility index (Phi) is 6.92. The molecule has 0 saturated heterocycles. The van der Waals surface area contributed by atoms with Crippen LogP contribution in [0.1, 0.15) is 20.3 Å². The molecule has 0 fully saturated rings. The minimum Gasteiger partial charge on any atom is -0.338 e. The van der Waals surface area contributed by atoms with Crippen LogP contribution >= 0.6 is 47.0 Å². The smallest absolute Gasteiger partial charge is 0.228 e. The maximum atomic E-state index is 11.8. The van der Waals surface area contributed by atoms with E-state index in [1.54, 1.807) is 0 Å². The Morgan fingerprint density at radius 3 is 2.33 bits per heavy atom. The van der Waals surface area contributed by atoms with E-state index in [1.165, 1.54) is 17.3 Å². The number of thiocarbonyl (C=S) groups is 1. The molecule has 21 heavy (non-hydrogen) atoms. The first kappa shape index (κ1) is 18.2. The molecule has 1 amide bonds. The summed E-state index contributed by atoms with van der Waals surface area (Å²) in [5, 5.41) is 12.6. The van der Waals surface area contributed by atoms with Crippen LogP contribution in [0.3, 0.4) is 0 Å². The third-order valence-corrected chi connectivity index (χ3v) is 3.01. The fourth-order valence-electron chi connectivity index (χ4n) is 1.33. The predicted molar refractivity (Wildman–Crippen MR) is 86.8 cm³/mol. The van der Waals surface area contributed by atoms with Gasteiger partial charge in [0, 0.05) is 6.42 Å². The molecule has 1 heterocycles. The number of carbonyl (C=O) groups excluding carboxylic acids is 1. The summed E-state index contributed by atoms with van der Waals surface area (Å²) in [6.45, 7) is 3.82. The van der Waals surface area contributed by atoms with Gasteiger partial charge < -0.3 is 10.6 Å². The summed E-state index contributed by atoms with van der Waals surface area (Å²) in [5.41, 5.74) is 2.72. The summed E-state index contributed by atoms with van der Waals surface area (Å²) in [4.78, 5) is 11.8. The number of rotatable bonds is 5. The summed E-state index contributed by atoms with van der Waals surface area (Å²) in [7, 11) is 0. The van der Waals surface area contributed by atoms with Crippen LogP contribution in [0.4, 0.5) is 0 Å². The molecule has 1 atom stereocenters. The molecule has 0 aliphatic heterocycles.